The lowest BCUT2D eigenvalue weighted by Gasteiger charge is -2.28. The minimum atomic E-state index is -0.323. The van der Waals surface area contributed by atoms with Crippen molar-refractivity contribution in [1.29, 1.82) is 0 Å². The number of aliphatic hydroxyl groups is 1. The Hall–Kier alpha value is -1.02. The van der Waals surface area contributed by atoms with Gasteiger partial charge in [-0.15, -0.1) is 0 Å². The predicted octanol–water partition coefficient (Wildman–Crippen LogP) is -0.954. The second-order valence-corrected chi connectivity index (χ2v) is 5.56. The monoisotopic (exact) mass is 281 g/mol. The smallest absolute Gasteiger partial charge is 0.137 e. The second-order valence-electron chi connectivity index (χ2n) is 5.56. The molecular formula is C13H23N5O2. The molecular weight excluding hydrogens is 258 g/mol. The maximum atomic E-state index is 9.93. The van der Waals surface area contributed by atoms with Gasteiger partial charge in [-0.2, -0.15) is 5.10 Å². The van der Waals surface area contributed by atoms with Gasteiger partial charge in [0.05, 0.1) is 31.9 Å². The highest BCUT2D eigenvalue weighted by Crippen LogP contribution is 2.15. The van der Waals surface area contributed by atoms with E-state index in [1.165, 1.54) is 0 Å². The van der Waals surface area contributed by atoms with Gasteiger partial charge in [0.25, 0.3) is 0 Å². The normalized spacial score (nSPS) is 29.6. The van der Waals surface area contributed by atoms with Crippen molar-refractivity contribution in [3.05, 3.63) is 12.7 Å². The number of aromatic nitrogens is 3. The van der Waals surface area contributed by atoms with Crippen molar-refractivity contribution in [2.75, 3.05) is 45.9 Å². The van der Waals surface area contributed by atoms with Crippen molar-refractivity contribution < 1.29 is 9.84 Å². The molecule has 1 aromatic heterocycles. The summed E-state index contributed by atoms with van der Waals surface area (Å²) in [5.41, 5.74) is 0. The third kappa shape index (κ3) is 3.35. The molecule has 0 saturated carbocycles. The van der Waals surface area contributed by atoms with Crippen molar-refractivity contribution in [2.24, 2.45) is 0 Å². The average Bonchev–Trinajstić information content (AvgIpc) is 3.05. The fourth-order valence-electron chi connectivity index (χ4n) is 3.02. The van der Waals surface area contributed by atoms with Crippen LogP contribution in [-0.4, -0.2) is 87.8 Å². The third-order valence-electron chi connectivity index (χ3n) is 4.23. The van der Waals surface area contributed by atoms with Gasteiger partial charge in [-0.3, -0.25) is 9.58 Å². The van der Waals surface area contributed by atoms with Gasteiger partial charge in [0.15, 0.2) is 0 Å². The summed E-state index contributed by atoms with van der Waals surface area (Å²) in [5.74, 6) is 0. The molecule has 2 saturated heterocycles. The SMILES string of the molecule is O[C@@H]1COC[C@H]1N1CCCN(CCn2cncn2)CC1. The van der Waals surface area contributed by atoms with Crippen LogP contribution in [0, 0.1) is 0 Å². The van der Waals surface area contributed by atoms with Crippen LogP contribution in [0.4, 0.5) is 0 Å². The molecule has 1 N–H and O–H groups in total. The van der Waals surface area contributed by atoms with Crippen LogP contribution in [0.5, 0.6) is 0 Å². The number of hydrogen-bond donors (Lipinski definition) is 1. The molecule has 0 spiro atoms. The molecule has 2 fully saturated rings. The molecule has 2 atom stereocenters. The lowest BCUT2D eigenvalue weighted by molar-refractivity contribution is 0.0838. The Morgan fingerprint density at radius 1 is 1.15 bits per heavy atom. The summed E-state index contributed by atoms with van der Waals surface area (Å²) in [6.07, 6.45) is 4.15. The number of rotatable bonds is 4. The van der Waals surface area contributed by atoms with Crippen LogP contribution in [-0.2, 0) is 11.3 Å². The number of hydrogen-bond acceptors (Lipinski definition) is 6. The quantitative estimate of drug-likeness (QED) is 0.767. The first-order valence-corrected chi connectivity index (χ1v) is 7.37. The highest BCUT2D eigenvalue weighted by molar-refractivity contribution is 4.85. The van der Waals surface area contributed by atoms with Crippen molar-refractivity contribution in [3.63, 3.8) is 0 Å². The van der Waals surface area contributed by atoms with E-state index in [0.29, 0.717) is 13.2 Å². The minimum Gasteiger partial charge on any atom is -0.389 e. The van der Waals surface area contributed by atoms with Crippen LogP contribution in [0.3, 0.4) is 0 Å². The molecule has 0 aromatic carbocycles. The highest BCUT2D eigenvalue weighted by atomic mass is 16.5. The molecule has 3 rings (SSSR count). The molecule has 20 heavy (non-hydrogen) atoms. The summed E-state index contributed by atoms with van der Waals surface area (Å²) in [7, 11) is 0. The molecule has 2 aliphatic heterocycles. The summed E-state index contributed by atoms with van der Waals surface area (Å²) in [6.45, 7) is 7.23. The fraction of sp³-hybridized carbons (Fsp3) is 0.846. The topological polar surface area (TPSA) is 66.7 Å². The summed E-state index contributed by atoms with van der Waals surface area (Å²) in [6, 6.07) is 0.185. The van der Waals surface area contributed by atoms with Crippen molar-refractivity contribution in [3.8, 4) is 0 Å². The minimum absolute atomic E-state index is 0.185. The van der Waals surface area contributed by atoms with Crippen LogP contribution in [0.25, 0.3) is 0 Å². The van der Waals surface area contributed by atoms with Crippen molar-refractivity contribution >= 4 is 0 Å². The number of ether oxygens (including phenoxy) is 1. The molecule has 0 bridgehead atoms. The van der Waals surface area contributed by atoms with E-state index in [4.69, 9.17) is 4.74 Å². The van der Waals surface area contributed by atoms with Gasteiger partial charge < -0.3 is 14.7 Å². The first kappa shape index (κ1) is 13.9. The Labute approximate surface area is 119 Å². The summed E-state index contributed by atoms with van der Waals surface area (Å²) in [5, 5.41) is 14.1. The lowest BCUT2D eigenvalue weighted by Crippen LogP contribution is -2.45. The van der Waals surface area contributed by atoms with Crippen LogP contribution >= 0.6 is 0 Å². The predicted molar refractivity (Wildman–Crippen MR) is 73.3 cm³/mol. The highest BCUT2D eigenvalue weighted by Gasteiger charge is 2.32. The van der Waals surface area contributed by atoms with Crippen LogP contribution < -0.4 is 0 Å². The fourth-order valence-corrected chi connectivity index (χ4v) is 3.02. The van der Waals surface area contributed by atoms with E-state index in [1.807, 2.05) is 4.68 Å². The van der Waals surface area contributed by atoms with Crippen molar-refractivity contribution in [1.82, 2.24) is 24.6 Å². The molecule has 7 nitrogen and oxygen atoms in total. The van der Waals surface area contributed by atoms with E-state index in [0.717, 1.165) is 45.7 Å². The van der Waals surface area contributed by atoms with Crippen LogP contribution in [0.15, 0.2) is 12.7 Å². The Bertz CT molecular complexity index is 399. The summed E-state index contributed by atoms with van der Waals surface area (Å²) < 4.78 is 7.24. The molecule has 112 valence electrons. The Balaban J connectivity index is 1.46. The van der Waals surface area contributed by atoms with Gasteiger partial charge >= 0.3 is 0 Å². The van der Waals surface area contributed by atoms with E-state index in [1.54, 1.807) is 12.7 Å². The lowest BCUT2D eigenvalue weighted by atomic mass is 10.2. The first-order valence-electron chi connectivity index (χ1n) is 7.37. The third-order valence-corrected chi connectivity index (χ3v) is 4.23. The van der Waals surface area contributed by atoms with Gasteiger partial charge in [0, 0.05) is 19.6 Å². The Morgan fingerprint density at radius 3 is 2.85 bits per heavy atom. The van der Waals surface area contributed by atoms with E-state index < -0.39 is 0 Å². The standard InChI is InChI=1S/C13H23N5O2/c19-13-9-20-8-12(13)17-3-1-2-16(4-6-17)5-7-18-11-14-10-15-18/h10-13,19H,1-9H2/t12-,13-/m1/s1. The molecule has 7 heteroatoms. The van der Waals surface area contributed by atoms with E-state index in [9.17, 15) is 5.11 Å². The van der Waals surface area contributed by atoms with Gasteiger partial charge in [0.1, 0.15) is 12.7 Å². The van der Waals surface area contributed by atoms with Gasteiger partial charge in [-0.05, 0) is 19.5 Å². The largest absolute Gasteiger partial charge is 0.389 e. The molecule has 0 amide bonds. The van der Waals surface area contributed by atoms with Gasteiger partial charge in [-0.1, -0.05) is 0 Å². The molecule has 0 radical (unpaired) electrons. The molecule has 3 heterocycles. The van der Waals surface area contributed by atoms with E-state index >= 15 is 0 Å². The van der Waals surface area contributed by atoms with Crippen molar-refractivity contribution in [2.45, 2.75) is 25.1 Å². The molecule has 1 aromatic rings. The molecule has 0 unspecified atom stereocenters. The second kappa shape index (κ2) is 6.62. The van der Waals surface area contributed by atoms with E-state index in [2.05, 4.69) is 19.9 Å². The zero-order valence-corrected chi connectivity index (χ0v) is 11.8. The average molecular weight is 281 g/mol. The zero-order chi connectivity index (χ0) is 13.8. The number of nitrogens with zero attached hydrogens (tertiary/aromatic N) is 5. The van der Waals surface area contributed by atoms with Crippen LogP contribution in [0.1, 0.15) is 6.42 Å². The first-order chi connectivity index (χ1) is 9.83. The number of aliphatic hydroxyl groups excluding tert-OH is 1. The summed E-state index contributed by atoms with van der Waals surface area (Å²) >= 11 is 0. The molecule has 2 aliphatic rings. The van der Waals surface area contributed by atoms with Gasteiger partial charge in [0.2, 0.25) is 0 Å². The van der Waals surface area contributed by atoms with Gasteiger partial charge in [-0.25, -0.2) is 4.98 Å². The van der Waals surface area contributed by atoms with E-state index in [-0.39, 0.29) is 12.1 Å². The Morgan fingerprint density at radius 2 is 2.10 bits per heavy atom. The zero-order valence-electron chi connectivity index (χ0n) is 11.8. The van der Waals surface area contributed by atoms with Crippen LogP contribution in [0.2, 0.25) is 0 Å². The molecule has 0 aliphatic carbocycles. The maximum Gasteiger partial charge on any atom is 0.137 e. The Kier molecular flexibility index (Phi) is 4.62. The summed E-state index contributed by atoms with van der Waals surface area (Å²) in [4.78, 5) is 8.80. The maximum absolute atomic E-state index is 9.93.